The summed E-state index contributed by atoms with van der Waals surface area (Å²) in [4.78, 5) is 2.67. The summed E-state index contributed by atoms with van der Waals surface area (Å²) in [5.74, 6) is 1.96. The van der Waals surface area contributed by atoms with Crippen molar-refractivity contribution < 1.29 is 0 Å². The molecule has 0 aromatic heterocycles. The number of rotatable bonds is 4. The van der Waals surface area contributed by atoms with Crippen molar-refractivity contribution in [1.82, 2.24) is 4.90 Å². The first-order valence-electron chi connectivity index (χ1n) is 7.77. The highest BCUT2D eigenvalue weighted by molar-refractivity contribution is 4.98. The van der Waals surface area contributed by atoms with E-state index in [9.17, 15) is 0 Å². The van der Waals surface area contributed by atoms with Crippen LogP contribution in [0.3, 0.4) is 0 Å². The molecule has 1 nitrogen and oxygen atoms in total. The minimum absolute atomic E-state index is 0.751. The van der Waals surface area contributed by atoms with Gasteiger partial charge in [-0.2, -0.15) is 0 Å². The number of nitrogens with zero attached hydrogens (tertiary/aromatic N) is 1. The molecule has 1 atom stereocenters. The predicted molar refractivity (Wildman–Crippen MR) is 75.2 cm³/mol. The summed E-state index contributed by atoms with van der Waals surface area (Å²) in [6.45, 7) is 12.1. The third-order valence-corrected chi connectivity index (χ3v) is 5.47. The lowest BCUT2D eigenvalue weighted by Crippen LogP contribution is -2.50. The molecule has 0 bridgehead atoms. The lowest BCUT2D eigenvalue weighted by atomic mass is 9.54. The lowest BCUT2D eigenvalue weighted by molar-refractivity contribution is -0.0460. The largest absolute Gasteiger partial charge is 0.301 e. The van der Waals surface area contributed by atoms with Crippen LogP contribution in [0.25, 0.3) is 0 Å². The van der Waals surface area contributed by atoms with E-state index in [1.807, 2.05) is 0 Å². The third kappa shape index (κ3) is 2.86. The van der Waals surface area contributed by atoms with Crippen LogP contribution in [0.5, 0.6) is 0 Å². The summed E-state index contributed by atoms with van der Waals surface area (Å²) in [7, 11) is 0. The maximum Gasteiger partial charge on any atom is 0.00385 e. The van der Waals surface area contributed by atoms with Gasteiger partial charge in [-0.05, 0) is 76.3 Å². The highest BCUT2D eigenvalue weighted by atomic mass is 15.2. The molecule has 0 radical (unpaired) electrons. The molecule has 100 valence electrons. The Morgan fingerprint density at radius 1 is 1.06 bits per heavy atom. The van der Waals surface area contributed by atoms with Crippen molar-refractivity contribution in [2.24, 2.45) is 17.3 Å². The van der Waals surface area contributed by atoms with E-state index >= 15 is 0 Å². The average Bonchev–Trinajstić information content (AvgIpc) is 2.27. The number of likely N-dealkylation sites (tertiary alicyclic amines) is 1. The highest BCUT2D eigenvalue weighted by Gasteiger charge is 2.47. The van der Waals surface area contributed by atoms with Crippen molar-refractivity contribution in [2.45, 2.75) is 72.3 Å². The van der Waals surface area contributed by atoms with E-state index in [0.29, 0.717) is 0 Å². The van der Waals surface area contributed by atoms with E-state index < -0.39 is 0 Å². The van der Waals surface area contributed by atoms with Gasteiger partial charge >= 0.3 is 0 Å². The van der Waals surface area contributed by atoms with Gasteiger partial charge in [0.25, 0.3) is 0 Å². The van der Waals surface area contributed by atoms with Crippen molar-refractivity contribution in [3.05, 3.63) is 0 Å². The van der Waals surface area contributed by atoms with Crippen molar-refractivity contribution >= 4 is 0 Å². The van der Waals surface area contributed by atoms with Crippen LogP contribution in [0, 0.1) is 17.3 Å². The molecule has 2 rings (SSSR count). The van der Waals surface area contributed by atoms with Crippen molar-refractivity contribution in [2.75, 3.05) is 13.1 Å². The Bertz CT molecular complexity index is 236. The monoisotopic (exact) mass is 237 g/mol. The van der Waals surface area contributed by atoms with E-state index in [0.717, 1.165) is 23.3 Å². The average molecular weight is 237 g/mol. The Morgan fingerprint density at radius 2 is 1.71 bits per heavy atom. The zero-order valence-electron chi connectivity index (χ0n) is 12.3. The van der Waals surface area contributed by atoms with Crippen LogP contribution in [0.1, 0.15) is 66.2 Å². The molecule has 1 spiro atoms. The van der Waals surface area contributed by atoms with Gasteiger partial charge in [-0.3, -0.25) is 0 Å². The molecular weight excluding hydrogens is 206 g/mol. The second kappa shape index (κ2) is 5.30. The van der Waals surface area contributed by atoms with Gasteiger partial charge in [-0.1, -0.05) is 20.3 Å². The van der Waals surface area contributed by atoms with Crippen LogP contribution in [0.15, 0.2) is 0 Å². The fourth-order valence-corrected chi connectivity index (χ4v) is 3.89. The van der Waals surface area contributed by atoms with Crippen LogP contribution < -0.4 is 0 Å². The molecule has 1 saturated carbocycles. The SMILES string of the molecule is CC(C)CCC1CCC12CCN(C(C)C)CC2. The molecule has 1 unspecified atom stereocenters. The van der Waals surface area contributed by atoms with Gasteiger partial charge in [0.1, 0.15) is 0 Å². The summed E-state index contributed by atoms with van der Waals surface area (Å²) >= 11 is 0. The second-order valence-electron chi connectivity index (χ2n) is 7.20. The summed E-state index contributed by atoms with van der Waals surface area (Å²) in [5, 5.41) is 0. The van der Waals surface area contributed by atoms with Crippen LogP contribution in [-0.4, -0.2) is 24.0 Å². The Labute approximate surface area is 108 Å². The van der Waals surface area contributed by atoms with Gasteiger partial charge in [0, 0.05) is 6.04 Å². The predicted octanol–water partition coefficient (Wildman–Crippen LogP) is 4.32. The first kappa shape index (κ1) is 13.4. The van der Waals surface area contributed by atoms with Crippen LogP contribution in [-0.2, 0) is 0 Å². The van der Waals surface area contributed by atoms with Gasteiger partial charge in [-0.25, -0.2) is 0 Å². The van der Waals surface area contributed by atoms with Crippen LogP contribution in [0.4, 0.5) is 0 Å². The molecule has 0 aromatic carbocycles. The topological polar surface area (TPSA) is 3.24 Å². The summed E-state index contributed by atoms with van der Waals surface area (Å²) < 4.78 is 0. The summed E-state index contributed by atoms with van der Waals surface area (Å²) in [6.07, 6.45) is 8.96. The quantitative estimate of drug-likeness (QED) is 0.703. The molecular formula is C16H31N. The molecule has 2 aliphatic rings. The summed E-state index contributed by atoms with van der Waals surface area (Å²) in [6, 6.07) is 0.751. The fraction of sp³-hybridized carbons (Fsp3) is 1.00. The van der Waals surface area contributed by atoms with E-state index in [-0.39, 0.29) is 0 Å². The van der Waals surface area contributed by atoms with Crippen molar-refractivity contribution in [1.29, 1.82) is 0 Å². The summed E-state index contributed by atoms with van der Waals surface area (Å²) in [5.41, 5.74) is 0.778. The molecule has 1 heterocycles. The van der Waals surface area contributed by atoms with Crippen molar-refractivity contribution in [3.63, 3.8) is 0 Å². The Hall–Kier alpha value is -0.0400. The van der Waals surface area contributed by atoms with Crippen molar-refractivity contribution in [3.8, 4) is 0 Å². The molecule has 0 aromatic rings. The maximum absolute atomic E-state index is 2.67. The van der Waals surface area contributed by atoms with Gasteiger partial charge in [-0.15, -0.1) is 0 Å². The van der Waals surface area contributed by atoms with Gasteiger partial charge < -0.3 is 4.90 Å². The smallest absolute Gasteiger partial charge is 0.00385 e. The molecule has 2 fully saturated rings. The van der Waals surface area contributed by atoms with Crippen LogP contribution in [0.2, 0.25) is 0 Å². The molecule has 1 heteroatoms. The third-order valence-electron chi connectivity index (χ3n) is 5.47. The Morgan fingerprint density at radius 3 is 2.12 bits per heavy atom. The first-order chi connectivity index (χ1) is 8.03. The molecule has 0 N–H and O–H groups in total. The minimum Gasteiger partial charge on any atom is -0.301 e. The fourth-order valence-electron chi connectivity index (χ4n) is 3.89. The first-order valence-corrected chi connectivity index (χ1v) is 7.77. The number of hydrogen-bond acceptors (Lipinski definition) is 1. The molecule has 17 heavy (non-hydrogen) atoms. The van der Waals surface area contributed by atoms with Crippen LogP contribution >= 0.6 is 0 Å². The second-order valence-corrected chi connectivity index (χ2v) is 7.20. The van der Waals surface area contributed by atoms with Gasteiger partial charge in [0.2, 0.25) is 0 Å². The van der Waals surface area contributed by atoms with E-state index in [1.54, 1.807) is 0 Å². The molecule has 0 amide bonds. The zero-order valence-corrected chi connectivity index (χ0v) is 12.3. The Kier molecular flexibility index (Phi) is 4.18. The molecule has 1 aliphatic heterocycles. The maximum atomic E-state index is 2.67. The normalized spacial score (nSPS) is 28.9. The minimum atomic E-state index is 0.751. The number of piperidine rings is 1. The number of hydrogen-bond donors (Lipinski definition) is 0. The zero-order chi connectivity index (χ0) is 12.5. The van der Waals surface area contributed by atoms with E-state index in [1.165, 1.54) is 51.6 Å². The van der Waals surface area contributed by atoms with Gasteiger partial charge in [0.05, 0.1) is 0 Å². The lowest BCUT2D eigenvalue weighted by Gasteiger charge is -2.55. The molecule has 1 aliphatic carbocycles. The van der Waals surface area contributed by atoms with E-state index in [4.69, 9.17) is 0 Å². The Balaban J connectivity index is 1.81. The highest BCUT2D eigenvalue weighted by Crippen LogP contribution is 2.55. The van der Waals surface area contributed by atoms with Gasteiger partial charge in [0.15, 0.2) is 0 Å². The standard InChI is InChI=1S/C16H31N/c1-13(2)5-6-15-7-8-16(15)9-11-17(12-10-16)14(3)4/h13-15H,5-12H2,1-4H3. The molecule has 1 saturated heterocycles. The van der Waals surface area contributed by atoms with E-state index in [2.05, 4.69) is 32.6 Å².